The molecule has 1 atom stereocenters. The summed E-state index contributed by atoms with van der Waals surface area (Å²) in [6.07, 6.45) is 3.90. The Labute approximate surface area is 167 Å². The zero-order chi connectivity index (χ0) is 19.5. The number of amides is 2. The summed E-state index contributed by atoms with van der Waals surface area (Å²) in [5.74, 6) is 0.280. The summed E-state index contributed by atoms with van der Waals surface area (Å²) in [5.41, 5.74) is 4.35. The SMILES string of the molecule is Cc1cccc(C(=O)N2CCCN(C(=O)C3CCCc4ccccc43)CC2)c1. The lowest BCUT2D eigenvalue weighted by Gasteiger charge is -2.30. The third-order valence-electron chi connectivity index (χ3n) is 6.03. The number of carbonyl (C=O) groups is 2. The minimum atomic E-state index is -0.0241. The van der Waals surface area contributed by atoms with Gasteiger partial charge < -0.3 is 9.80 Å². The van der Waals surface area contributed by atoms with Crippen LogP contribution in [0.4, 0.5) is 0 Å². The predicted octanol–water partition coefficient (Wildman–Crippen LogP) is 3.79. The zero-order valence-corrected chi connectivity index (χ0v) is 16.6. The molecular weight excluding hydrogens is 348 g/mol. The van der Waals surface area contributed by atoms with Gasteiger partial charge in [0, 0.05) is 31.7 Å². The van der Waals surface area contributed by atoms with Crippen molar-refractivity contribution in [1.29, 1.82) is 0 Å². The molecule has 4 heteroatoms. The molecule has 0 aromatic heterocycles. The maximum atomic E-state index is 13.3. The highest BCUT2D eigenvalue weighted by Gasteiger charge is 2.31. The molecule has 0 N–H and O–H groups in total. The van der Waals surface area contributed by atoms with Crippen LogP contribution in [0.15, 0.2) is 48.5 Å². The van der Waals surface area contributed by atoms with Crippen LogP contribution in [-0.2, 0) is 11.2 Å². The van der Waals surface area contributed by atoms with Crippen molar-refractivity contribution >= 4 is 11.8 Å². The molecule has 4 rings (SSSR count). The average Bonchev–Trinajstić information content (AvgIpc) is 2.98. The van der Waals surface area contributed by atoms with Gasteiger partial charge in [0.2, 0.25) is 5.91 Å². The summed E-state index contributed by atoms with van der Waals surface area (Å²) in [6, 6.07) is 16.1. The number of benzene rings is 2. The average molecular weight is 377 g/mol. The topological polar surface area (TPSA) is 40.6 Å². The Balaban J connectivity index is 1.44. The Morgan fingerprint density at radius 3 is 2.54 bits per heavy atom. The van der Waals surface area contributed by atoms with E-state index < -0.39 is 0 Å². The van der Waals surface area contributed by atoms with Gasteiger partial charge in [-0.15, -0.1) is 0 Å². The van der Waals surface area contributed by atoms with Crippen LogP contribution < -0.4 is 0 Å². The van der Waals surface area contributed by atoms with Crippen LogP contribution in [0.25, 0.3) is 0 Å². The third-order valence-corrected chi connectivity index (χ3v) is 6.03. The van der Waals surface area contributed by atoms with Crippen molar-refractivity contribution in [2.75, 3.05) is 26.2 Å². The fourth-order valence-electron chi connectivity index (χ4n) is 4.53. The van der Waals surface area contributed by atoms with Crippen LogP contribution in [0, 0.1) is 6.92 Å². The second-order valence-corrected chi connectivity index (χ2v) is 7.98. The second-order valence-electron chi connectivity index (χ2n) is 7.98. The minimum Gasteiger partial charge on any atom is -0.340 e. The van der Waals surface area contributed by atoms with E-state index in [1.165, 1.54) is 11.1 Å². The van der Waals surface area contributed by atoms with Crippen LogP contribution in [-0.4, -0.2) is 47.8 Å². The van der Waals surface area contributed by atoms with E-state index in [0.29, 0.717) is 19.6 Å². The number of hydrogen-bond donors (Lipinski definition) is 0. The maximum absolute atomic E-state index is 13.3. The molecule has 0 spiro atoms. The molecule has 0 bridgehead atoms. The van der Waals surface area contributed by atoms with Gasteiger partial charge in [0.1, 0.15) is 0 Å². The van der Waals surface area contributed by atoms with E-state index in [9.17, 15) is 9.59 Å². The first-order chi connectivity index (χ1) is 13.6. The van der Waals surface area contributed by atoms with Gasteiger partial charge in [0.05, 0.1) is 5.92 Å². The molecule has 4 nitrogen and oxygen atoms in total. The van der Waals surface area contributed by atoms with Gasteiger partial charge in [-0.3, -0.25) is 9.59 Å². The molecule has 2 amide bonds. The number of carbonyl (C=O) groups excluding carboxylic acids is 2. The molecule has 1 aliphatic carbocycles. The molecule has 2 aromatic rings. The van der Waals surface area contributed by atoms with Crippen molar-refractivity contribution in [3.63, 3.8) is 0 Å². The van der Waals surface area contributed by atoms with Crippen molar-refractivity contribution in [3.8, 4) is 0 Å². The van der Waals surface area contributed by atoms with E-state index in [4.69, 9.17) is 0 Å². The Hall–Kier alpha value is -2.62. The lowest BCUT2D eigenvalue weighted by Crippen LogP contribution is -2.40. The zero-order valence-electron chi connectivity index (χ0n) is 16.6. The standard InChI is InChI=1S/C24H28N2O2/c1-18-7-4-10-20(17-18)23(27)25-13-6-14-26(16-15-25)24(28)22-12-5-9-19-8-2-3-11-21(19)22/h2-4,7-8,10-11,17,22H,5-6,9,12-16H2,1H3. The van der Waals surface area contributed by atoms with Crippen LogP contribution in [0.5, 0.6) is 0 Å². The lowest BCUT2D eigenvalue weighted by atomic mass is 9.82. The largest absolute Gasteiger partial charge is 0.340 e. The fourth-order valence-corrected chi connectivity index (χ4v) is 4.53. The second kappa shape index (κ2) is 8.17. The van der Waals surface area contributed by atoms with Crippen molar-refractivity contribution in [1.82, 2.24) is 9.80 Å². The first-order valence-corrected chi connectivity index (χ1v) is 10.4. The molecule has 146 valence electrons. The molecule has 28 heavy (non-hydrogen) atoms. The molecule has 2 aromatic carbocycles. The summed E-state index contributed by atoms with van der Waals surface area (Å²) < 4.78 is 0. The van der Waals surface area contributed by atoms with Crippen LogP contribution in [0.2, 0.25) is 0 Å². The molecule has 1 unspecified atom stereocenters. The van der Waals surface area contributed by atoms with E-state index in [0.717, 1.165) is 43.4 Å². The van der Waals surface area contributed by atoms with Crippen molar-refractivity contribution in [2.24, 2.45) is 0 Å². The van der Waals surface area contributed by atoms with Gasteiger partial charge in [-0.2, -0.15) is 0 Å². The quantitative estimate of drug-likeness (QED) is 0.800. The number of rotatable bonds is 2. The molecule has 1 heterocycles. The smallest absolute Gasteiger partial charge is 0.253 e. The van der Waals surface area contributed by atoms with E-state index in [1.54, 1.807) is 0 Å². The first kappa shape index (κ1) is 18.7. The lowest BCUT2D eigenvalue weighted by molar-refractivity contribution is -0.133. The van der Waals surface area contributed by atoms with Crippen LogP contribution in [0.1, 0.15) is 52.2 Å². The minimum absolute atomic E-state index is 0.0241. The van der Waals surface area contributed by atoms with Crippen LogP contribution in [0.3, 0.4) is 0 Å². The number of nitrogens with zero attached hydrogens (tertiary/aromatic N) is 2. The first-order valence-electron chi connectivity index (χ1n) is 10.4. The van der Waals surface area contributed by atoms with E-state index in [2.05, 4.69) is 18.2 Å². The summed E-state index contributed by atoms with van der Waals surface area (Å²) in [4.78, 5) is 30.0. The Kier molecular flexibility index (Phi) is 5.47. The normalized spacial score (nSPS) is 19.7. The monoisotopic (exact) mass is 376 g/mol. The summed E-state index contributed by atoms with van der Waals surface area (Å²) in [5, 5.41) is 0. The number of fused-ring (bicyclic) bond motifs is 1. The van der Waals surface area contributed by atoms with Gasteiger partial charge in [0.25, 0.3) is 5.91 Å². The molecule has 1 aliphatic heterocycles. The third kappa shape index (κ3) is 3.82. The fraction of sp³-hybridized carbons (Fsp3) is 0.417. The van der Waals surface area contributed by atoms with Crippen molar-refractivity contribution < 1.29 is 9.59 Å². The predicted molar refractivity (Wildman–Crippen MR) is 110 cm³/mol. The Bertz CT molecular complexity index is 876. The molecule has 0 saturated carbocycles. The molecule has 1 saturated heterocycles. The van der Waals surface area contributed by atoms with E-state index >= 15 is 0 Å². The summed E-state index contributed by atoms with van der Waals surface area (Å²) >= 11 is 0. The summed E-state index contributed by atoms with van der Waals surface area (Å²) in [7, 11) is 0. The van der Waals surface area contributed by atoms with Gasteiger partial charge >= 0.3 is 0 Å². The molecular formula is C24H28N2O2. The van der Waals surface area contributed by atoms with Crippen molar-refractivity contribution in [2.45, 2.75) is 38.5 Å². The van der Waals surface area contributed by atoms with E-state index in [1.807, 2.05) is 47.1 Å². The summed E-state index contributed by atoms with van der Waals surface area (Å²) in [6.45, 7) is 4.66. The van der Waals surface area contributed by atoms with Crippen LogP contribution >= 0.6 is 0 Å². The molecule has 2 aliphatic rings. The molecule has 0 radical (unpaired) electrons. The Morgan fingerprint density at radius 2 is 1.68 bits per heavy atom. The highest BCUT2D eigenvalue weighted by atomic mass is 16.2. The number of aryl methyl sites for hydroxylation is 2. The Morgan fingerprint density at radius 1 is 0.893 bits per heavy atom. The van der Waals surface area contributed by atoms with Gasteiger partial charge in [-0.25, -0.2) is 0 Å². The number of hydrogen-bond acceptors (Lipinski definition) is 2. The molecule has 1 fully saturated rings. The highest BCUT2D eigenvalue weighted by molar-refractivity contribution is 5.94. The maximum Gasteiger partial charge on any atom is 0.253 e. The van der Waals surface area contributed by atoms with Gasteiger partial charge in [0.15, 0.2) is 0 Å². The van der Waals surface area contributed by atoms with Gasteiger partial charge in [-0.05, 0) is 55.9 Å². The van der Waals surface area contributed by atoms with Crippen molar-refractivity contribution in [3.05, 3.63) is 70.8 Å². The van der Waals surface area contributed by atoms with Gasteiger partial charge in [-0.1, -0.05) is 42.0 Å². The van der Waals surface area contributed by atoms with E-state index in [-0.39, 0.29) is 17.7 Å². The highest BCUT2D eigenvalue weighted by Crippen LogP contribution is 2.33.